The van der Waals surface area contributed by atoms with Gasteiger partial charge in [0.25, 0.3) is 0 Å². The van der Waals surface area contributed by atoms with Crippen molar-refractivity contribution in [1.29, 1.82) is 0 Å². The molecule has 4 heteroatoms. The van der Waals surface area contributed by atoms with E-state index in [1.54, 1.807) is 18.2 Å². The van der Waals surface area contributed by atoms with Gasteiger partial charge in [-0.2, -0.15) is 0 Å². The van der Waals surface area contributed by atoms with Crippen molar-refractivity contribution in [1.82, 2.24) is 0 Å². The molecule has 0 aliphatic carbocycles. The van der Waals surface area contributed by atoms with Crippen LogP contribution in [0.15, 0.2) is 30.3 Å². The molecule has 0 spiro atoms. The second-order valence-corrected chi connectivity index (χ2v) is 3.51. The molecule has 90 valence electrons. The van der Waals surface area contributed by atoms with E-state index < -0.39 is 17.5 Å². The number of carbonyl (C=O) groups excluding carboxylic acids is 3. The van der Waals surface area contributed by atoms with Crippen molar-refractivity contribution < 1.29 is 19.1 Å². The van der Waals surface area contributed by atoms with Gasteiger partial charge in [-0.1, -0.05) is 43.7 Å². The highest BCUT2D eigenvalue weighted by Gasteiger charge is 2.25. The van der Waals surface area contributed by atoms with Gasteiger partial charge >= 0.3 is 11.8 Å². The first-order chi connectivity index (χ1) is 8.16. The molecule has 0 bridgehead atoms. The lowest BCUT2D eigenvalue weighted by Crippen LogP contribution is -2.26. The van der Waals surface area contributed by atoms with Crippen LogP contribution < -0.4 is 0 Å². The molecule has 0 saturated heterocycles. The summed E-state index contributed by atoms with van der Waals surface area (Å²) in [5.74, 6) is -3.02. The average molecular weight is 234 g/mol. The molecule has 0 heterocycles. The zero-order chi connectivity index (χ0) is 12.7. The van der Waals surface area contributed by atoms with E-state index in [0.29, 0.717) is 6.42 Å². The van der Waals surface area contributed by atoms with Crippen LogP contribution in [0.25, 0.3) is 0 Å². The summed E-state index contributed by atoms with van der Waals surface area (Å²) in [5.41, 5.74) is 0.199. The van der Waals surface area contributed by atoms with Crippen LogP contribution in [-0.2, 0) is 14.3 Å². The quantitative estimate of drug-likeness (QED) is 0.247. The largest absolute Gasteiger partial charge is 0.460 e. The number of ketones is 2. The van der Waals surface area contributed by atoms with E-state index in [1.807, 2.05) is 6.92 Å². The van der Waals surface area contributed by atoms with Crippen molar-refractivity contribution in [2.45, 2.75) is 19.8 Å². The van der Waals surface area contributed by atoms with Crippen LogP contribution in [0.1, 0.15) is 30.1 Å². The minimum absolute atomic E-state index is 0.170. The molecule has 1 rings (SSSR count). The minimum Gasteiger partial charge on any atom is -0.460 e. The number of unbranched alkanes of at least 4 members (excludes halogenated alkanes) is 1. The number of benzene rings is 1. The van der Waals surface area contributed by atoms with E-state index in [1.165, 1.54) is 12.1 Å². The highest BCUT2D eigenvalue weighted by atomic mass is 16.5. The third kappa shape index (κ3) is 3.83. The van der Waals surface area contributed by atoms with Crippen LogP contribution in [-0.4, -0.2) is 24.1 Å². The summed E-state index contributed by atoms with van der Waals surface area (Å²) >= 11 is 0. The monoisotopic (exact) mass is 234 g/mol. The molecule has 0 aliphatic rings. The molecular weight excluding hydrogens is 220 g/mol. The summed E-state index contributed by atoms with van der Waals surface area (Å²) in [6, 6.07) is 7.95. The Labute approximate surface area is 99.6 Å². The Morgan fingerprint density at radius 2 is 1.76 bits per heavy atom. The van der Waals surface area contributed by atoms with Gasteiger partial charge < -0.3 is 4.74 Å². The zero-order valence-corrected chi connectivity index (χ0v) is 9.64. The highest BCUT2D eigenvalue weighted by molar-refractivity contribution is 6.65. The van der Waals surface area contributed by atoms with Gasteiger partial charge in [0.2, 0.25) is 5.78 Å². The first-order valence-electron chi connectivity index (χ1n) is 5.47. The Balaban J connectivity index is 2.58. The molecule has 0 unspecified atom stereocenters. The van der Waals surface area contributed by atoms with E-state index in [0.717, 1.165) is 6.42 Å². The smallest absolute Gasteiger partial charge is 0.383 e. The van der Waals surface area contributed by atoms with E-state index in [-0.39, 0.29) is 12.2 Å². The fraction of sp³-hybridized carbons (Fsp3) is 0.308. The molecule has 0 radical (unpaired) electrons. The van der Waals surface area contributed by atoms with Crippen molar-refractivity contribution in [3.8, 4) is 0 Å². The molecular formula is C13H14O4. The summed E-state index contributed by atoms with van der Waals surface area (Å²) < 4.78 is 4.68. The summed E-state index contributed by atoms with van der Waals surface area (Å²) in [7, 11) is 0. The topological polar surface area (TPSA) is 60.4 Å². The van der Waals surface area contributed by atoms with Crippen LogP contribution in [0.2, 0.25) is 0 Å². The number of ether oxygens (including phenoxy) is 1. The minimum atomic E-state index is -1.12. The van der Waals surface area contributed by atoms with Gasteiger partial charge in [-0.25, -0.2) is 4.79 Å². The Bertz CT molecular complexity index is 409. The molecule has 0 aliphatic heterocycles. The van der Waals surface area contributed by atoms with E-state index in [2.05, 4.69) is 4.74 Å². The van der Waals surface area contributed by atoms with Crippen molar-refractivity contribution in [2.24, 2.45) is 0 Å². The van der Waals surface area contributed by atoms with Gasteiger partial charge in [-0.05, 0) is 6.42 Å². The molecule has 0 aromatic heterocycles. The van der Waals surface area contributed by atoms with Gasteiger partial charge in [0.05, 0.1) is 6.61 Å². The van der Waals surface area contributed by atoms with Crippen LogP contribution in [0.4, 0.5) is 0 Å². The zero-order valence-electron chi connectivity index (χ0n) is 9.64. The first kappa shape index (κ1) is 13.1. The average Bonchev–Trinajstić information content (AvgIpc) is 2.38. The summed E-state index contributed by atoms with van der Waals surface area (Å²) in [6.45, 7) is 2.11. The standard InChI is InChI=1S/C13H14O4/c1-2-3-9-17-13(16)12(15)11(14)10-7-5-4-6-8-10/h4-8H,2-3,9H2,1H3. The number of hydrogen-bond acceptors (Lipinski definition) is 4. The summed E-state index contributed by atoms with van der Waals surface area (Å²) in [6.07, 6.45) is 1.53. The lowest BCUT2D eigenvalue weighted by Gasteiger charge is -2.02. The number of esters is 1. The summed E-state index contributed by atoms with van der Waals surface area (Å²) in [5, 5.41) is 0. The maximum Gasteiger partial charge on any atom is 0.383 e. The second kappa shape index (κ2) is 6.58. The summed E-state index contributed by atoms with van der Waals surface area (Å²) in [4.78, 5) is 34.2. The lowest BCUT2D eigenvalue weighted by molar-refractivity contribution is -0.151. The first-order valence-corrected chi connectivity index (χ1v) is 5.47. The highest BCUT2D eigenvalue weighted by Crippen LogP contribution is 2.02. The Morgan fingerprint density at radius 1 is 1.12 bits per heavy atom. The van der Waals surface area contributed by atoms with E-state index in [4.69, 9.17) is 0 Å². The third-order valence-corrected chi connectivity index (χ3v) is 2.16. The maximum atomic E-state index is 11.6. The Morgan fingerprint density at radius 3 is 2.35 bits per heavy atom. The van der Waals surface area contributed by atoms with Gasteiger partial charge in [-0.3, -0.25) is 9.59 Å². The molecule has 17 heavy (non-hydrogen) atoms. The maximum absolute atomic E-state index is 11.6. The Hall–Kier alpha value is -1.97. The Kier molecular flexibility index (Phi) is 5.07. The van der Waals surface area contributed by atoms with Crippen LogP contribution in [0.3, 0.4) is 0 Å². The fourth-order valence-electron chi connectivity index (χ4n) is 1.19. The normalized spacial score (nSPS) is 9.71. The molecule has 0 atom stereocenters. The molecule has 4 nitrogen and oxygen atoms in total. The van der Waals surface area contributed by atoms with Crippen LogP contribution >= 0.6 is 0 Å². The molecule has 0 fully saturated rings. The lowest BCUT2D eigenvalue weighted by atomic mass is 10.1. The number of Topliss-reactive ketones (excluding diaryl/α,β-unsaturated/α-hetero) is 2. The van der Waals surface area contributed by atoms with Gasteiger partial charge in [0.15, 0.2) is 0 Å². The van der Waals surface area contributed by atoms with Crippen LogP contribution in [0, 0.1) is 0 Å². The fourth-order valence-corrected chi connectivity index (χ4v) is 1.19. The molecule has 1 aromatic rings. The number of hydrogen-bond donors (Lipinski definition) is 0. The number of rotatable bonds is 6. The molecule has 1 aromatic carbocycles. The predicted octanol–water partition coefficient (Wildman–Crippen LogP) is 1.78. The second-order valence-electron chi connectivity index (χ2n) is 3.51. The number of carbonyl (C=O) groups is 3. The van der Waals surface area contributed by atoms with Gasteiger partial charge in [0.1, 0.15) is 0 Å². The van der Waals surface area contributed by atoms with Crippen molar-refractivity contribution >= 4 is 17.5 Å². The van der Waals surface area contributed by atoms with E-state index in [9.17, 15) is 14.4 Å². The van der Waals surface area contributed by atoms with Crippen molar-refractivity contribution in [3.63, 3.8) is 0 Å². The third-order valence-electron chi connectivity index (χ3n) is 2.16. The molecule has 0 amide bonds. The SMILES string of the molecule is CCCCOC(=O)C(=O)C(=O)c1ccccc1. The molecule has 0 saturated carbocycles. The van der Waals surface area contributed by atoms with Crippen molar-refractivity contribution in [2.75, 3.05) is 6.61 Å². The van der Waals surface area contributed by atoms with Crippen molar-refractivity contribution in [3.05, 3.63) is 35.9 Å². The molecule has 0 N–H and O–H groups in total. The predicted molar refractivity (Wildman–Crippen MR) is 61.6 cm³/mol. The van der Waals surface area contributed by atoms with Gasteiger partial charge in [0, 0.05) is 5.56 Å². The van der Waals surface area contributed by atoms with Crippen LogP contribution in [0.5, 0.6) is 0 Å². The van der Waals surface area contributed by atoms with Gasteiger partial charge in [-0.15, -0.1) is 0 Å². The van der Waals surface area contributed by atoms with E-state index >= 15 is 0 Å².